The lowest BCUT2D eigenvalue weighted by Crippen LogP contribution is -2.59. The summed E-state index contributed by atoms with van der Waals surface area (Å²) in [6, 6.07) is 4.62. The third-order valence-electron chi connectivity index (χ3n) is 7.91. The number of thiocarbonyl (C=S) groups is 1. The van der Waals surface area contributed by atoms with Crippen LogP contribution in [0.3, 0.4) is 0 Å². The number of rotatable bonds is 9. The molecule has 40 heavy (non-hydrogen) atoms. The first-order valence-corrected chi connectivity index (χ1v) is 16.7. The molecule has 1 aliphatic heterocycles. The maximum absolute atomic E-state index is 13.6. The number of allylic oxidation sites excluding steroid dienone is 4. The van der Waals surface area contributed by atoms with Crippen molar-refractivity contribution < 1.29 is 35.1 Å². The summed E-state index contributed by atoms with van der Waals surface area (Å²) in [6.07, 6.45) is 4.32. The zero-order chi connectivity index (χ0) is 29.5. The van der Waals surface area contributed by atoms with Gasteiger partial charge >= 0.3 is 6.18 Å². The van der Waals surface area contributed by atoms with Crippen LogP contribution in [-0.4, -0.2) is 86.6 Å². The van der Waals surface area contributed by atoms with Crippen LogP contribution < -0.4 is 4.90 Å². The van der Waals surface area contributed by atoms with E-state index in [9.17, 15) is 35.1 Å². The molecule has 0 spiro atoms. The molecule has 1 N–H and O–H groups in total. The second kappa shape index (κ2) is 11.4. The van der Waals surface area contributed by atoms with Crippen LogP contribution in [0.1, 0.15) is 38.2 Å². The zero-order valence-electron chi connectivity index (χ0n) is 22.3. The molecule has 1 aromatic carbocycles. The van der Waals surface area contributed by atoms with Gasteiger partial charge in [-0.05, 0) is 49.5 Å². The standard InChI is InChI=1S/C26H34F3N3O5S3/c1-25(33,26(27,28)29)20-10-12-21(13-11-20)32-15-14-30(40(36,37)24-9-4-3-8-23(24)38)17-22(32)18-31(39(2,34)35)16-19-6-5-7-19/h3-4,9-13,19,22,33H,5-8,14-18H2,1-2H3/t22-,25+/m1/s1. The van der Waals surface area contributed by atoms with Gasteiger partial charge in [0.25, 0.3) is 0 Å². The van der Waals surface area contributed by atoms with E-state index in [0.717, 1.165) is 25.5 Å². The highest BCUT2D eigenvalue weighted by atomic mass is 32.2. The van der Waals surface area contributed by atoms with Gasteiger partial charge in [-0.25, -0.2) is 16.8 Å². The molecule has 2 aliphatic carbocycles. The summed E-state index contributed by atoms with van der Waals surface area (Å²) in [5.41, 5.74) is -2.89. The van der Waals surface area contributed by atoms with E-state index < -0.39 is 37.9 Å². The topological polar surface area (TPSA) is 98.2 Å². The van der Waals surface area contributed by atoms with E-state index in [0.29, 0.717) is 30.4 Å². The van der Waals surface area contributed by atoms with E-state index in [4.69, 9.17) is 12.2 Å². The van der Waals surface area contributed by atoms with Gasteiger partial charge in [-0.15, -0.1) is 0 Å². The van der Waals surface area contributed by atoms with Crippen molar-refractivity contribution in [3.63, 3.8) is 0 Å². The number of halogens is 3. The second-order valence-corrected chi connectivity index (χ2v) is 15.2. The van der Waals surface area contributed by atoms with Crippen LogP contribution in [0, 0.1) is 5.92 Å². The maximum Gasteiger partial charge on any atom is 0.421 e. The molecule has 0 bridgehead atoms. The number of aliphatic hydroxyl groups is 1. The van der Waals surface area contributed by atoms with E-state index in [1.807, 2.05) is 4.90 Å². The Kier molecular flexibility index (Phi) is 8.90. The van der Waals surface area contributed by atoms with Crippen molar-refractivity contribution in [2.75, 3.05) is 43.9 Å². The lowest BCUT2D eigenvalue weighted by Gasteiger charge is -2.44. The highest BCUT2D eigenvalue weighted by Gasteiger charge is 2.51. The average Bonchev–Trinajstić information content (AvgIpc) is 2.84. The minimum absolute atomic E-state index is 0.00671. The maximum atomic E-state index is 13.6. The van der Waals surface area contributed by atoms with Crippen LogP contribution in [0.5, 0.6) is 0 Å². The summed E-state index contributed by atoms with van der Waals surface area (Å²) in [5, 5.41) is 10.1. The molecule has 1 saturated heterocycles. The van der Waals surface area contributed by atoms with Crippen molar-refractivity contribution in [2.45, 2.75) is 50.4 Å². The normalized spacial score (nSPS) is 23.2. The third-order valence-corrected chi connectivity index (χ3v) is 11.6. The SMILES string of the molecule is C[C@](O)(c1ccc(N2CCN(S(=O)(=O)C3=CC=CCC3=S)C[C@@H]2CN(CC2CCC2)S(C)(=O)=O)cc1)C(F)(F)F. The minimum atomic E-state index is -4.88. The highest BCUT2D eigenvalue weighted by Crippen LogP contribution is 2.39. The summed E-state index contributed by atoms with van der Waals surface area (Å²) < 4.78 is 95.4. The molecule has 222 valence electrons. The van der Waals surface area contributed by atoms with Crippen LogP contribution in [0.4, 0.5) is 18.9 Å². The summed E-state index contributed by atoms with van der Waals surface area (Å²) in [7, 11) is -7.58. The Hall–Kier alpha value is -1.84. The Labute approximate surface area is 239 Å². The van der Waals surface area contributed by atoms with Crippen LogP contribution in [0.2, 0.25) is 0 Å². The van der Waals surface area contributed by atoms with Gasteiger partial charge in [-0.3, -0.25) is 0 Å². The van der Waals surface area contributed by atoms with E-state index in [-0.39, 0.29) is 42.6 Å². The number of anilines is 1. The molecule has 4 rings (SSSR count). The van der Waals surface area contributed by atoms with Crippen molar-refractivity contribution in [3.8, 4) is 0 Å². The second-order valence-electron chi connectivity index (χ2n) is 10.8. The van der Waals surface area contributed by atoms with Crippen molar-refractivity contribution >= 4 is 42.8 Å². The van der Waals surface area contributed by atoms with Crippen molar-refractivity contribution in [2.24, 2.45) is 5.92 Å². The van der Waals surface area contributed by atoms with Crippen LogP contribution in [0.15, 0.2) is 47.4 Å². The van der Waals surface area contributed by atoms with Gasteiger partial charge in [0, 0.05) is 49.7 Å². The summed E-state index contributed by atoms with van der Waals surface area (Å²) in [6.45, 7) is 1.22. The van der Waals surface area contributed by atoms with Crippen LogP contribution >= 0.6 is 12.2 Å². The first kappa shape index (κ1) is 31.1. The molecular weight excluding hydrogens is 587 g/mol. The van der Waals surface area contributed by atoms with Gasteiger partial charge in [0.2, 0.25) is 20.0 Å². The fourth-order valence-electron chi connectivity index (χ4n) is 5.12. The van der Waals surface area contributed by atoms with E-state index in [1.54, 1.807) is 12.2 Å². The predicted molar refractivity (Wildman–Crippen MR) is 152 cm³/mol. The number of piperazine rings is 1. The van der Waals surface area contributed by atoms with Crippen LogP contribution in [-0.2, 0) is 25.6 Å². The van der Waals surface area contributed by atoms with Crippen molar-refractivity contribution in [1.82, 2.24) is 8.61 Å². The first-order valence-electron chi connectivity index (χ1n) is 13.0. The number of alkyl halides is 3. The van der Waals surface area contributed by atoms with E-state index in [1.165, 1.54) is 39.0 Å². The van der Waals surface area contributed by atoms with Gasteiger partial charge in [0.05, 0.1) is 17.2 Å². The number of benzene rings is 1. The number of nitrogens with zero attached hydrogens (tertiary/aromatic N) is 3. The summed E-state index contributed by atoms with van der Waals surface area (Å²) >= 11 is 5.30. The minimum Gasteiger partial charge on any atom is -0.376 e. The smallest absolute Gasteiger partial charge is 0.376 e. The molecule has 1 aromatic rings. The largest absolute Gasteiger partial charge is 0.421 e. The van der Waals surface area contributed by atoms with E-state index >= 15 is 0 Å². The Morgan fingerprint density at radius 3 is 2.25 bits per heavy atom. The fourth-order valence-corrected chi connectivity index (χ4v) is 8.11. The number of hydrogen-bond donors (Lipinski definition) is 1. The molecule has 1 heterocycles. The lowest BCUT2D eigenvalue weighted by molar-refractivity contribution is -0.258. The lowest BCUT2D eigenvalue weighted by atomic mass is 9.85. The monoisotopic (exact) mass is 621 g/mol. The molecule has 2 fully saturated rings. The first-order chi connectivity index (χ1) is 18.5. The molecule has 3 aliphatic rings. The van der Waals surface area contributed by atoms with Gasteiger partial charge in [-0.2, -0.15) is 21.8 Å². The molecule has 0 amide bonds. The van der Waals surface area contributed by atoms with Crippen molar-refractivity contribution in [3.05, 3.63) is 53.0 Å². The van der Waals surface area contributed by atoms with E-state index in [2.05, 4.69) is 0 Å². The Bertz CT molecular complexity index is 1390. The molecule has 1 saturated carbocycles. The average molecular weight is 622 g/mol. The quantitative estimate of drug-likeness (QED) is 0.422. The van der Waals surface area contributed by atoms with Gasteiger partial charge in [0.15, 0.2) is 5.60 Å². The molecule has 2 atom stereocenters. The van der Waals surface area contributed by atoms with Gasteiger partial charge < -0.3 is 10.0 Å². The molecule has 0 radical (unpaired) electrons. The highest BCUT2D eigenvalue weighted by molar-refractivity contribution is 7.96. The van der Waals surface area contributed by atoms with Gasteiger partial charge in [-0.1, -0.05) is 42.9 Å². The molecule has 0 unspecified atom stereocenters. The Balaban J connectivity index is 1.66. The summed E-state index contributed by atoms with van der Waals surface area (Å²) in [5.74, 6) is 0.229. The van der Waals surface area contributed by atoms with Gasteiger partial charge in [0.1, 0.15) is 0 Å². The zero-order valence-corrected chi connectivity index (χ0v) is 24.8. The van der Waals surface area contributed by atoms with Crippen LogP contribution in [0.25, 0.3) is 0 Å². The Morgan fingerprint density at radius 1 is 1.07 bits per heavy atom. The predicted octanol–water partition coefficient (Wildman–Crippen LogP) is 3.55. The van der Waals surface area contributed by atoms with Crippen molar-refractivity contribution in [1.29, 1.82) is 0 Å². The third kappa shape index (κ3) is 6.46. The number of hydrogen-bond acceptors (Lipinski definition) is 7. The Morgan fingerprint density at radius 2 is 1.73 bits per heavy atom. The summed E-state index contributed by atoms with van der Waals surface area (Å²) in [4.78, 5) is 2.17. The molecule has 14 heteroatoms. The molecular formula is C26H34F3N3O5S3. The molecule has 0 aromatic heterocycles. The molecule has 8 nitrogen and oxygen atoms in total. The fraction of sp³-hybridized carbons (Fsp3) is 0.577. The number of sulfonamides is 2.